The van der Waals surface area contributed by atoms with Crippen molar-refractivity contribution in [3.63, 3.8) is 0 Å². The summed E-state index contributed by atoms with van der Waals surface area (Å²) in [4.78, 5) is 24.2. The van der Waals surface area contributed by atoms with Crippen LogP contribution in [0.1, 0.15) is 12.0 Å². The van der Waals surface area contributed by atoms with Gasteiger partial charge in [-0.1, -0.05) is 23.4 Å². The van der Waals surface area contributed by atoms with E-state index in [1.807, 2.05) is 12.1 Å². The molecule has 2 aromatic rings. The third kappa shape index (κ3) is 5.78. The molecule has 1 heterocycles. The van der Waals surface area contributed by atoms with Crippen LogP contribution in [-0.4, -0.2) is 35.6 Å². The maximum Gasteiger partial charge on any atom is 0.240 e. The van der Waals surface area contributed by atoms with Gasteiger partial charge in [0.15, 0.2) is 5.17 Å². The first-order chi connectivity index (χ1) is 13.9. The van der Waals surface area contributed by atoms with Crippen LogP contribution >= 0.6 is 23.4 Å². The van der Waals surface area contributed by atoms with E-state index in [0.29, 0.717) is 10.9 Å². The molecule has 1 aliphatic heterocycles. The Labute approximate surface area is 175 Å². The van der Waals surface area contributed by atoms with Crippen molar-refractivity contribution in [3.8, 4) is 5.75 Å². The second-order valence-corrected chi connectivity index (χ2v) is 7.50. The van der Waals surface area contributed by atoms with Gasteiger partial charge < -0.3 is 15.4 Å². The number of nitrogens with one attached hydrogen (secondary N) is 2. The number of thioether (sulfide) groups is 1. The third-order valence-corrected chi connectivity index (χ3v) is 5.18. The van der Waals surface area contributed by atoms with Gasteiger partial charge in [0.25, 0.3) is 0 Å². The maximum atomic E-state index is 13.2. The zero-order valence-corrected chi connectivity index (χ0v) is 16.8. The van der Waals surface area contributed by atoms with Crippen molar-refractivity contribution in [1.29, 1.82) is 0 Å². The molecule has 0 radical (unpaired) electrons. The first-order valence-electron chi connectivity index (χ1n) is 8.42. The zero-order chi connectivity index (χ0) is 20.8. The molecule has 29 heavy (non-hydrogen) atoms. The number of methoxy groups -OCH3 is 1. The van der Waals surface area contributed by atoms with E-state index in [0.717, 1.165) is 29.1 Å². The molecule has 0 spiro atoms. The predicted molar refractivity (Wildman–Crippen MR) is 112 cm³/mol. The van der Waals surface area contributed by atoms with E-state index in [2.05, 4.69) is 20.8 Å². The second kappa shape index (κ2) is 9.53. The quantitative estimate of drug-likeness (QED) is 0.538. The number of halogens is 2. The molecule has 2 aromatic carbocycles. The molecule has 1 atom stereocenters. The van der Waals surface area contributed by atoms with E-state index in [4.69, 9.17) is 16.3 Å². The van der Waals surface area contributed by atoms with Gasteiger partial charge in [-0.2, -0.15) is 5.10 Å². The van der Waals surface area contributed by atoms with Crippen molar-refractivity contribution in [3.05, 3.63) is 58.9 Å². The summed E-state index contributed by atoms with van der Waals surface area (Å²) in [5.74, 6) is -0.577. The van der Waals surface area contributed by atoms with Crippen LogP contribution < -0.4 is 15.4 Å². The van der Waals surface area contributed by atoms with E-state index >= 15 is 0 Å². The van der Waals surface area contributed by atoms with Crippen molar-refractivity contribution in [1.82, 2.24) is 5.32 Å². The standard InChI is InChI=1S/C19H16ClFN4O3S/c1-28-13-5-2-11(3-6-13)10-22-25-19-24-18(27)16(29-19)9-17(26)23-12-4-7-15(21)14(20)8-12/h2-8,10,16H,9H2,1H3,(H,23,26)(H,24,25,27)/b22-10-/t16-/m1/s1. The molecule has 1 fully saturated rings. The van der Waals surface area contributed by atoms with Gasteiger partial charge in [-0.3, -0.25) is 9.59 Å². The van der Waals surface area contributed by atoms with Crippen molar-refractivity contribution in [2.75, 3.05) is 12.4 Å². The zero-order valence-electron chi connectivity index (χ0n) is 15.2. The topological polar surface area (TPSA) is 92.2 Å². The number of benzene rings is 2. The fourth-order valence-corrected chi connectivity index (χ4v) is 3.48. The minimum Gasteiger partial charge on any atom is -0.497 e. The van der Waals surface area contributed by atoms with Gasteiger partial charge in [0, 0.05) is 12.1 Å². The fraction of sp³-hybridized carbons (Fsp3) is 0.158. The lowest BCUT2D eigenvalue weighted by atomic mass is 10.2. The highest BCUT2D eigenvalue weighted by atomic mass is 35.5. The summed E-state index contributed by atoms with van der Waals surface area (Å²) in [6.45, 7) is 0. The summed E-state index contributed by atoms with van der Waals surface area (Å²) >= 11 is 6.80. The highest BCUT2D eigenvalue weighted by Gasteiger charge is 2.32. The molecule has 0 unspecified atom stereocenters. The Kier molecular flexibility index (Phi) is 6.84. The van der Waals surface area contributed by atoms with Crippen LogP contribution in [0.2, 0.25) is 5.02 Å². The molecule has 3 rings (SSSR count). The molecule has 10 heteroatoms. The number of nitrogens with zero attached hydrogens (tertiary/aromatic N) is 2. The number of rotatable bonds is 6. The molecule has 0 saturated carbocycles. The summed E-state index contributed by atoms with van der Waals surface area (Å²) < 4.78 is 18.3. The Balaban J connectivity index is 1.54. The molecule has 2 N–H and O–H groups in total. The Hall–Kier alpha value is -2.91. The molecule has 2 amide bonds. The number of carbonyl (C=O) groups is 2. The van der Waals surface area contributed by atoms with Gasteiger partial charge in [0.1, 0.15) is 16.8 Å². The molecule has 150 valence electrons. The number of carbonyl (C=O) groups excluding carboxylic acids is 2. The first kappa shape index (κ1) is 20.8. The van der Waals surface area contributed by atoms with Gasteiger partial charge >= 0.3 is 0 Å². The Morgan fingerprint density at radius 2 is 2.10 bits per heavy atom. The summed E-state index contributed by atoms with van der Waals surface area (Å²) in [7, 11) is 1.58. The monoisotopic (exact) mass is 434 g/mol. The number of anilines is 1. The lowest BCUT2D eigenvalue weighted by Crippen LogP contribution is -2.28. The number of amides is 2. The molecule has 0 aromatic heterocycles. The number of hydrogen-bond donors (Lipinski definition) is 2. The average Bonchev–Trinajstić information content (AvgIpc) is 3.04. The second-order valence-electron chi connectivity index (χ2n) is 5.90. The van der Waals surface area contributed by atoms with Crippen LogP contribution in [0, 0.1) is 5.82 Å². The van der Waals surface area contributed by atoms with Crippen LogP contribution in [0.25, 0.3) is 0 Å². The van der Waals surface area contributed by atoms with E-state index < -0.39 is 17.0 Å². The van der Waals surface area contributed by atoms with Gasteiger partial charge in [0.05, 0.1) is 18.3 Å². The lowest BCUT2D eigenvalue weighted by molar-refractivity contribution is -0.122. The Morgan fingerprint density at radius 3 is 2.79 bits per heavy atom. The Morgan fingerprint density at radius 1 is 1.34 bits per heavy atom. The smallest absolute Gasteiger partial charge is 0.240 e. The van der Waals surface area contributed by atoms with E-state index in [-0.39, 0.29) is 17.4 Å². The minimum atomic E-state index is -0.638. The summed E-state index contributed by atoms with van der Waals surface area (Å²) in [6, 6.07) is 11.1. The Bertz CT molecular complexity index is 982. The van der Waals surface area contributed by atoms with E-state index in [1.54, 1.807) is 19.2 Å². The number of hydrogen-bond acceptors (Lipinski definition) is 6. The summed E-state index contributed by atoms with van der Waals surface area (Å²) in [5.41, 5.74) is 1.17. The highest BCUT2D eigenvalue weighted by molar-refractivity contribution is 8.15. The van der Waals surface area contributed by atoms with Crippen LogP contribution in [0.5, 0.6) is 5.75 Å². The maximum absolute atomic E-state index is 13.2. The largest absolute Gasteiger partial charge is 0.497 e. The lowest BCUT2D eigenvalue weighted by Gasteiger charge is -2.07. The van der Waals surface area contributed by atoms with Crippen molar-refractivity contribution < 1.29 is 18.7 Å². The van der Waals surface area contributed by atoms with Gasteiger partial charge in [-0.05, 0) is 48.0 Å². The van der Waals surface area contributed by atoms with Gasteiger partial charge in [-0.25, -0.2) is 4.39 Å². The molecule has 7 nitrogen and oxygen atoms in total. The molecule has 0 bridgehead atoms. The van der Waals surface area contributed by atoms with Crippen molar-refractivity contribution >= 4 is 52.2 Å². The highest BCUT2D eigenvalue weighted by Crippen LogP contribution is 2.24. The molecule has 1 saturated heterocycles. The van der Waals surface area contributed by atoms with Gasteiger partial charge in [-0.15, -0.1) is 5.10 Å². The molecular weight excluding hydrogens is 419 g/mol. The van der Waals surface area contributed by atoms with E-state index in [1.165, 1.54) is 18.3 Å². The van der Waals surface area contributed by atoms with Crippen molar-refractivity contribution in [2.24, 2.45) is 10.2 Å². The van der Waals surface area contributed by atoms with Crippen molar-refractivity contribution in [2.45, 2.75) is 11.7 Å². The minimum absolute atomic E-state index is 0.0767. The van der Waals surface area contributed by atoms with Crippen LogP contribution in [0.4, 0.5) is 10.1 Å². The normalized spacial score (nSPS) is 17.6. The number of ether oxygens (including phenoxy) is 1. The predicted octanol–water partition coefficient (Wildman–Crippen LogP) is 3.44. The first-order valence-corrected chi connectivity index (χ1v) is 9.68. The van der Waals surface area contributed by atoms with Crippen LogP contribution in [0.3, 0.4) is 0 Å². The average molecular weight is 435 g/mol. The molecule has 0 aliphatic carbocycles. The molecular formula is C19H16ClFN4O3S. The summed E-state index contributed by atoms with van der Waals surface area (Å²) in [6.07, 6.45) is 1.46. The third-order valence-electron chi connectivity index (χ3n) is 3.82. The summed E-state index contributed by atoms with van der Waals surface area (Å²) in [5, 5.41) is 12.7. The van der Waals surface area contributed by atoms with Crippen LogP contribution in [0.15, 0.2) is 52.7 Å². The van der Waals surface area contributed by atoms with E-state index in [9.17, 15) is 14.0 Å². The fourth-order valence-electron chi connectivity index (χ4n) is 2.38. The molecule has 1 aliphatic rings. The van der Waals surface area contributed by atoms with Gasteiger partial charge in [0.2, 0.25) is 11.8 Å². The van der Waals surface area contributed by atoms with Crippen LogP contribution in [-0.2, 0) is 9.59 Å². The SMILES string of the molecule is COc1ccc(/C=N\N=C2/NC(=O)[C@@H](CC(=O)Nc3ccc(F)c(Cl)c3)S2)cc1. The number of amidine groups is 1.